The van der Waals surface area contributed by atoms with E-state index < -0.39 is 0 Å². The topological polar surface area (TPSA) is 79.7 Å². The van der Waals surface area contributed by atoms with Crippen molar-refractivity contribution in [2.75, 3.05) is 23.8 Å². The summed E-state index contributed by atoms with van der Waals surface area (Å²) in [5.41, 5.74) is 6.88. The fourth-order valence-electron chi connectivity index (χ4n) is 1.73. The predicted molar refractivity (Wildman–Crippen MR) is 76.0 cm³/mol. The average Bonchev–Trinajstić information content (AvgIpc) is 2.83. The zero-order valence-corrected chi connectivity index (χ0v) is 11.6. The Kier molecular flexibility index (Phi) is 4.24. The van der Waals surface area contributed by atoms with Gasteiger partial charge in [0.05, 0.1) is 18.0 Å². The maximum Gasteiger partial charge on any atom is 0.294 e. The highest BCUT2D eigenvalue weighted by Crippen LogP contribution is 2.25. The molecular weight excluding hydrogens is 312 g/mol. The lowest BCUT2D eigenvalue weighted by Crippen LogP contribution is -2.33. The van der Waals surface area contributed by atoms with E-state index in [1.54, 1.807) is 36.4 Å². The molecule has 0 spiro atoms. The van der Waals surface area contributed by atoms with E-state index in [9.17, 15) is 4.79 Å². The van der Waals surface area contributed by atoms with Crippen molar-refractivity contribution in [2.45, 2.75) is 0 Å². The van der Waals surface area contributed by atoms with Crippen LogP contribution in [0.15, 0.2) is 45.5 Å². The molecule has 0 aliphatic rings. The lowest BCUT2D eigenvalue weighted by Gasteiger charge is -2.22. The van der Waals surface area contributed by atoms with Crippen molar-refractivity contribution < 1.29 is 14.3 Å². The van der Waals surface area contributed by atoms with Gasteiger partial charge in [0.15, 0.2) is 10.4 Å². The molecule has 0 saturated carbocycles. The Morgan fingerprint density at radius 1 is 1.32 bits per heavy atom. The third-order valence-electron chi connectivity index (χ3n) is 2.58. The second-order valence-electron chi connectivity index (χ2n) is 3.84. The normalized spacial score (nSPS) is 10.4. The van der Waals surface area contributed by atoms with E-state index in [-0.39, 0.29) is 24.8 Å². The number of hydrogen-bond acceptors (Lipinski definition) is 4. The first-order valence-electron chi connectivity index (χ1n) is 5.66. The molecule has 6 heteroatoms. The van der Waals surface area contributed by atoms with Crippen molar-refractivity contribution in [1.29, 1.82) is 0 Å². The predicted octanol–water partition coefficient (Wildman–Crippen LogP) is 2.26. The van der Waals surface area contributed by atoms with Crippen LogP contribution >= 0.6 is 15.9 Å². The van der Waals surface area contributed by atoms with E-state index in [0.717, 1.165) is 0 Å². The Bertz CT molecular complexity index is 583. The van der Waals surface area contributed by atoms with E-state index >= 15 is 0 Å². The van der Waals surface area contributed by atoms with Crippen LogP contribution in [-0.2, 0) is 0 Å². The molecule has 0 aliphatic heterocycles. The molecule has 3 N–H and O–H groups in total. The van der Waals surface area contributed by atoms with Crippen LogP contribution in [0.5, 0.6) is 0 Å². The second-order valence-corrected chi connectivity index (χ2v) is 4.62. The summed E-state index contributed by atoms with van der Waals surface area (Å²) in [5, 5.41) is 9.12. The van der Waals surface area contributed by atoms with Gasteiger partial charge in [0.25, 0.3) is 5.91 Å². The fourth-order valence-corrected chi connectivity index (χ4v) is 2.03. The number of benzene rings is 1. The molecule has 2 aromatic rings. The van der Waals surface area contributed by atoms with Gasteiger partial charge in [0.2, 0.25) is 0 Å². The maximum atomic E-state index is 12.3. The Balaban J connectivity index is 2.35. The average molecular weight is 325 g/mol. The number of nitrogen functional groups attached to an aromatic ring is 1. The molecule has 1 heterocycles. The first-order valence-corrected chi connectivity index (χ1v) is 6.45. The summed E-state index contributed by atoms with van der Waals surface area (Å²) in [6.07, 6.45) is 0. The molecule has 5 nitrogen and oxygen atoms in total. The van der Waals surface area contributed by atoms with Crippen LogP contribution in [0.4, 0.5) is 11.4 Å². The van der Waals surface area contributed by atoms with E-state index in [1.807, 2.05) is 0 Å². The van der Waals surface area contributed by atoms with Crippen LogP contribution in [0.2, 0.25) is 0 Å². The largest absolute Gasteiger partial charge is 0.444 e. The highest BCUT2D eigenvalue weighted by Gasteiger charge is 2.21. The summed E-state index contributed by atoms with van der Waals surface area (Å²) in [4.78, 5) is 13.7. The molecule has 0 atom stereocenters. The van der Waals surface area contributed by atoms with E-state index in [2.05, 4.69) is 15.9 Å². The first kappa shape index (κ1) is 13.6. The monoisotopic (exact) mass is 324 g/mol. The number of anilines is 2. The fraction of sp³-hybridized carbons (Fsp3) is 0.154. The highest BCUT2D eigenvalue weighted by atomic mass is 79.9. The molecule has 2 rings (SSSR count). The quantitative estimate of drug-likeness (QED) is 0.845. The molecule has 0 bridgehead atoms. The van der Waals surface area contributed by atoms with Crippen molar-refractivity contribution >= 4 is 33.2 Å². The van der Waals surface area contributed by atoms with Crippen LogP contribution in [0, 0.1) is 0 Å². The summed E-state index contributed by atoms with van der Waals surface area (Å²) >= 11 is 3.15. The number of carbonyl (C=O) groups excluding carboxylic acids is 1. The van der Waals surface area contributed by atoms with E-state index in [1.165, 1.54) is 4.90 Å². The Hall–Kier alpha value is -1.79. The molecule has 0 radical (unpaired) electrons. The number of amides is 1. The van der Waals surface area contributed by atoms with Crippen molar-refractivity contribution in [3.8, 4) is 0 Å². The molecule has 100 valence electrons. The molecule has 1 amide bonds. The van der Waals surface area contributed by atoms with Crippen LogP contribution in [0.1, 0.15) is 10.6 Å². The number of halogens is 1. The number of hydrogen-bond donors (Lipinski definition) is 2. The van der Waals surface area contributed by atoms with Gasteiger partial charge in [-0.2, -0.15) is 0 Å². The first-order chi connectivity index (χ1) is 9.13. The van der Waals surface area contributed by atoms with E-state index in [0.29, 0.717) is 16.0 Å². The molecule has 0 unspecified atom stereocenters. The SMILES string of the molecule is Nc1ccccc1N(CCO)C(=O)c1ccc(Br)o1. The lowest BCUT2D eigenvalue weighted by atomic mass is 10.2. The van der Waals surface area contributed by atoms with Crippen LogP contribution in [0.25, 0.3) is 0 Å². The van der Waals surface area contributed by atoms with Crippen LogP contribution < -0.4 is 10.6 Å². The number of rotatable bonds is 4. The van der Waals surface area contributed by atoms with Gasteiger partial charge in [-0.1, -0.05) is 12.1 Å². The van der Waals surface area contributed by atoms with Gasteiger partial charge in [0, 0.05) is 6.54 Å². The molecule has 19 heavy (non-hydrogen) atoms. The third kappa shape index (κ3) is 2.97. The standard InChI is InChI=1S/C13H13BrN2O3/c14-12-6-5-11(19-12)13(18)16(7-8-17)10-4-2-1-3-9(10)15/h1-6,17H,7-8,15H2. The number of para-hydroxylation sites is 2. The summed E-state index contributed by atoms with van der Waals surface area (Å²) in [6, 6.07) is 10.2. The van der Waals surface area contributed by atoms with Crippen LogP contribution in [0.3, 0.4) is 0 Å². The zero-order chi connectivity index (χ0) is 13.8. The van der Waals surface area contributed by atoms with Crippen molar-refractivity contribution in [2.24, 2.45) is 0 Å². The highest BCUT2D eigenvalue weighted by molar-refractivity contribution is 9.10. The van der Waals surface area contributed by atoms with Crippen LogP contribution in [-0.4, -0.2) is 24.2 Å². The Morgan fingerprint density at radius 3 is 2.63 bits per heavy atom. The lowest BCUT2D eigenvalue weighted by molar-refractivity contribution is 0.0953. The molecule has 0 fully saturated rings. The zero-order valence-electron chi connectivity index (χ0n) is 10.0. The molecular formula is C13H13BrN2O3. The molecule has 1 aromatic carbocycles. The maximum absolute atomic E-state index is 12.3. The number of carbonyl (C=O) groups is 1. The summed E-state index contributed by atoms with van der Waals surface area (Å²) in [6.45, 7) is -0.0205. The Morgan fingerprint density at radius 2 is 2.05 bits per heavy atom. The van der Waals surface area contributed by atoms with Crippen molar-refractivity contribution in [3.63, 3.8) is 0 Å². The van der Waals surface area contributed by atoms with Gasteiger partial charge in [-0.25, -0.2) is 0 Å². The molecule has 0 aliphatic carbocycles. The van der Waals surface area contributed by atoms with Gasteiger partial charge in [0.1, 0.15) is 0 Å². The van der Waals surface area contributed by atoms with Crippen molar-refractivity contribution in [1.82, 2.24) is 0 Å². The number of nitrogens with two attached hydrogens (primary N) is 1. The summed E-state index contributed by atoms with van der Waals surface area (Å²) in [7, 11) is 0. The van der Waals surface area contributed by atoms with Gasteiger partial charge in [-0.3, -0.25) is 4.79 Å². The smallest absolute Gasteiger partial charge is 0.294 e. The second kappa shape index (κ2) is 5.90. The van der Waals surface area contributed by atoms with Crippen molar-refractivity contribution in [3.05, 3.63) is 46.8 Å². The summed E-state index contributed by atoms with van der Waals surface area (Å²) < 4.78 is 5.71. The Labute approximate surface area is 118 Å². The van der Waals surface area contributed by atoms with Gasteiger partial charge >= 0.3 is 0 Å². The van der Waals surface area contributed by atoms with E-state index in [4.69, 9.17) is 15.3 Å². The number of furan rings is 1. The van der Waals surface area contributed by atoms with Gasteiger partial charge in [-0.05, 0) is 40.2 Å². The minimum atomic E-state index is -0.349. The molecule has 1 aromatic heterocycles. The minimum absolute atomic E-state index is 0.144. The number of nitrogens with zero attached hydrogens (tertiary/aromatic N) is 1. The number of aliphatic hydroxyl groups excluding tert-OH is 1. The van der Waals surface area contributed by atoms with Gasteiger partial charge in [-0.15, -0.1) is 0 Å². The van der Waals surface area contributed by atoms with Gasteiger partial charge < -0.3 is 20.2 Å². The molecule has 0 saturated heterocycles. The number of aliphatic hydroxyl groups is 1. The third-order valence-corrected chi connectivity index (χ3v) is 3.01. The minimum Gasteiger partial charge on any atom is -0.444 e. The summed E-state index contributed by atoms with van der Waals surface area (Å²) in [5.74, 6) is -0.166.